The first kappa shape index (κ1) is 13.6. The minimum atomic E-state index is -0.534. The van der Waals surface area contributed by atoms with Gasteiger partial charge in [-0.3, -0.25) is 4.68 Å². The Morgan fingerprint density at radius 1 is 1.42 bits per heavy atom. The molecule has 0 radical (unpaired) electrons. The lowest BCUT2D eigenvalue weighted by Gasteiger charge is -2.13. The first-order chi connectivity index (χ1) is 9.10. The van der Waals surface area contributed by atoms with Gasteiger partial charge in [-0.25, -0.2) is 0 Å². The Kier molecular flexibility index (Phi) is 4.22. The van der Waals surface area contributed by atoms with E-state index in [1.807, 2.05) is 42.9 Å². The number of aliphatic hydroxyl groups is 1. The van der Waals surface area contributed by atoms with Gasteiger partial charge in [-0.15, -0.1) is 0 Å². The van der Waals surface area contributed by atoms with Crippen LogP contribution in [0.4, 0.5) is 0 Å². The molecule has 0 saturated heterocycles. The number of rotatable bonds is 5. The van der Waals surface area contributed by atoms with Crippen LogP contribution >= 0.6 is 0 Å². The third kappa shape index (κ3) is 3.35. The first-order valence-electron chi connectivity index (χ1n) is 6.53. The summed E-state index contributed by atoms with van der Waals surface area (Å²) in [5, 5.41) is 14.0. The van der Waals surface area contributed by atoms with Crippen molar-refractivity contribution in [3.63, 3.8) is 0 Å². The minimum Gasteiger partial charge on any atom is -0.488 e. The monoisotopic (exact) mass is 260 g/mol. The van der Waals surface area contributed by atoms with Crippen molar-refractivity contribution in [2.24, 2.45) is 0 Å². The van der Waals surface area contributed by atoms with Crippen molar-refractivity contribution in [2.75, 3.05) is 0 Å². The molecule has 0 amide bonds. The van der Waals surface area contributed by atoms with Crippen molar-refractivity contribution in [3.8, 4) is 5.75 Å². The van der Waals surface area contributed by atoms with Crippen LogP contribution in [0.25, 0.3) is 0 Å². The van der Waals surface area contributed by atoms with Crippen LogP contribution in [-0.4, -0.2) is 14.9 Å². The van der Waals surface area contributed by atoms with Crippen molar-refractivity contribution in [1.82, 2.24) is 9.78 Å². The summed E-state index contributed by atoms with van der Waals surface area (Å²) < 4.78 is 7.65. The lowest BCUT2D eigenvalue weighted by Crippen LogP contribution is -2.01. The topological polar surface area (TPSA) is 47.3 Å². The van der Waals surface area contributed by atoms with Gasteiger partial charge >= 0.3 is 0 Å². The van der Waals surface area contributed by atoms with Gasteiger partial charge in [0.25, 0.3) is 0 Å². The molecule has 4 heteroatoms. The lowest BCUT2D eigenvalue weighted by atomic mass is 10.1. The molecule has 0 aliphatic heterocycles. The molecule has 1 heterocycles. The van der Waals surface area contributed by atoms with Crippen molar-refractivity contribution in [1.29, 1.82) is 0 Å². The van der Waals surface area contributed by atoms with Gasteiger partial charge in [0.2, 0.25) is 0 Å². The van der Waals surface area contributed by atoms with Crippen molar-refractivity contribution in [2.45, 2.75) is 40.0 Å². The average Bonchev–Trinajstić information content (AvgIpc) is 2.85. The minimum absolute atomic E-state index is 0.461. The van der Waals surface area contributed by atoms with Crippen molar-refractivity contribution < 1.29 is 9.84 Å². The van der Waals surface area contributed by atoms with E-state index in [0.29, 0.717) is 6.61 Å². The number of hydrogen-bond acceptors (Lipinski definition) is 3. The Morgan fingerprint density at radius 2 is 2.21 bits per heavy atom. The number of aliphatic hydroxyl groups excluding tert-OH is 1. The van der Waals surface area contributed by atoms with E-state index in [9.17, 15) is 5.11 Å². The van der Waals surface area contributed by atoms with E-state index in [2.05, 4.69) is 5.10 Å². The SMILES string of the molecule is CCn1cc(COc2ccc(C)cc2[C@H](C)O)cn1. The summed E-state index contributed by atoms with van der Waals surface area (Å²) in [5.74, 6) is 0.727. The van der Waals surface area contributed by atoms with Crippen LogP contribution in [0, 0.1) is 6.92 Å². The molecule has 0 unspecified atom stereocenters. The van der Waals surface area contributed by atoms with Gasteiger partial charge in [-0.05, 0) is 32.9 Å². The maximum absolute atomic E-state index is 9.77. The van der Waals surface area contributed by atoms with E-state index in [-0.39, 0.29) is 0 Å². The fraction of sp³-hybridized carbons (Fsp3) is 0.400. The highest BCUT2D eigenvalue weighted by atomic mass is 16.5. The van der Waals surface area contributed by atoms with Crippen LogP contribution in [0.5, 0.6) is 5.75 Å². The van der Waals surface area contributed by atoms with Crippen LogP contribution in [0.3, 0.4) is 0 Å². The maximum Gasteiger partial charge on any atom is 0.125 e. The number of benzene rings is 1. The molecule has 0 saturated carbocycles. The Labute approximate surface area is 113 Å². The predicted molar refractivity (Wildman–Crippen MR) is 74.0 cm³/mol. The Morgan fingerprint density at radius 3 is 2.84 bits per heavy atom. The molecule has 1 aromatic carbocycles. The van der Waals surface area contributed by atoms with Gasteiger partial charge in [-0.2, -0.15) is 5.10 Å². The number of hydrogen-bond donors (Lipinski definition) is 1. The molecule has 19 heavy (non-hydrogen) atoms. The van der Waals surface area contributed by atoms with Gasteiger partial charge < -0.3 is 9.84 Å². The van der Waals surface area contributed by atoms with Crippen LogP contribution in [0.1, 0.15) is 36.6 Å². The van der Waals surface area contributed by atoms with Crippen LogP contribution in [0.2, 0.25) is 0 Å². The van der Waals surface area contributed by atoms with E-state index in [0.717, 1.165) is 29.0 Å². The Balaban J connectivity index is 2.10. The highest BCUT2D eigenvalue weighted by Crippen LogP contribution is 2.26. The lowest BCUT2D eigenvalue weighted by molar-refractivity contribution is 0.190. The molecule has 2 aromatic rings. The molecule has 1 aromatic heterocycles. The van der Waals surface area contributed by atoms with Crippen LogP contribution < -0.4 is 4.74 Å². The second-order valence-corrected chi connectivity index (χ2v) is 4.71. The van der Waals surface area contributed by atoms with Crippen LogP contribution in [0.15, 0.2) is 30.6 Å². The highest BCUT2D eigenvalue weighted by molar-refractivity contribution is 5.38. The summed E-state index contributed by atoms with van der Waals surface area (Å²) in [6.45, 7) is 7.10. The summed E-state index contributed by atoms with van der Waals surface area (Å²) in [6, 6.07) is 5.84. The molecule has 0 aliphatic rings. The van der Waals surface area contributed by atoms with E-state index in [4.69, 9.17) is 4.74 Å². The maximum atomic E-state index is 9.77. The average molecular weight is 260 g/mol. The van der Waals surface area contributed by atoms with Gasteiger partial charge in [0.15, 0.2) is 0 Å². The highest BCUT2D eigenvalue weighted by Gasteiger charge is 2.10. The summed E-state index contributed by atoms with van der Waals surface area (Å²) in [6.07, 6.45) is 3.24. The van der Waals surface area contributed by atoms with Gasteiger partial charge in [0.1, 0.15) is 12.4 Å². The van der Waals surface area contributed by atoms with E-state index in [1.165, 1.54) is 0 Å². The predicted octanol–water partition coefficient (Wildman–Crippen LogP) is 2.84. The summed E-state index contributed by atoms with van der Waals surface area (Å²) in [7, 11) is 0. The second-order valence-electron chi connectivity index (χ2n) is 4.71. The standard InChI is InChI=1S/C15H20N2O2/c1-4-17-9-13(8-16-17)10-19-15-6-5-11(2)7-14(15)12(3)18/h5-9,12,18H,4,10H2,1-3H3/t12-/m0/s1. The molecule has 0 spiro atoms. The number of ether oxygens (including phenoxy) is 1. The quantitative estimate of drug-likeness (QED) is 0.899. The molecule has 2 rings (SSSR count). The zero-order chi connectivity index (χ0) is 13.8. The van der Waals surface area contributed by atoms with Gasteiger partial charge in [0.05, 0.1) is 12.3 Å². The van der Waals surface area contributed by atoms with Crippen LogP contribution in [-0.2, 0) is 13.2 Å². The summed E-state index contributed by atoms with van der Waals surface area (Å²) in [5.41, 5.74) is 2.96. The summed E-state index contributed by atoms with van der Waals surface area (Å²) >= 11 is 0. The molecule has 0 bridgehead atoms. The smallest absolute Gasteiger partial charge is 0.125 e. The fourth-order valence-electron chi connectivity index (χ4n) is 1.94. The van der Waals surface area contributed by atoms with Crippen molar-refractivity contribution >= 4 is 0 Å². The zero-order valence-electron chi connectivity index (χ0n) is 11.6. The molecule has 1 N–H and O–H groups in total. The Hall–Kier alpha value is -1.81. The summed E-state index contributed by atoms with van der Waals surface area (Å²) in [4.78, 5) is 0. The molecule has 0 aliphatic carbocycles. The molecule has 102 valence electrons. The molecular weight excluding hydrogens is 240 g/mol. The third-order valence-corrected chi connectivity index (χ3v) is 3.02. The van der Waals surface area contributed by atoms with E-state index < -0.39 is 6.10 Å². The second kappa shape index (κ2) is 5.89. The zero-order valence-corrected chi connectivity index (χ0v) is 11.6. The third-order valence-electron chi connectivity index (χ3n) is 3.02. The Bertz CT molecular complexity index is 547. The molecular formula is C15H20N2O2. The number of nitrogens with zero attached hydrogens (tertiary/aromatic N) is 2. The number of aromatic nitrogens is 2. The van der Waals surface area contributed by atoms with Gasteiger partial charge in [0, 0.05) is 23.9 Å². The van der Waals surface area contributed by atoms with E-state index >= 15 is 0 Å². The largest absolute Gasteiger partial charge is 0.488 e. The normalized spacial score (nSPS) is 12.4. The van der Waals surface area contributed by atoms with Gasteiger partial charge in [-0.1, -0.05) is 11.6 Å². The first-order valence-corrected chi connectivity index (χ1v) is 6.53. The number of aryl methyl sites for hydroxylation is 2. The molecule has 4 nitrogen and oxygen atoms in total. The van der Waals surface area contributed by atoms with E-state index in [1.54, 1.807) is 13.1 Å². The van der Waals surface area contributed by atoms with Crippen molar-refractivity contribution in [3.05, 3.63) is 47.3 Å². The fourth-order valence-corrected chi connectivity index (χ4v) is 1.94. The molecule has 1 atom stereocenters. The molecule has 0 fully saturated rings.